The van der Waals surface area contributed by atoms with Crippen LogP contribution in [0.4, 0.5) is 0 Å². The van der Waals surface area contributed by atoms with E-state index in [-0.39, 0.29) is 6.04 Å². The van der Waals surface area contributed by atoms with Crippen LogP contribution in [0, 0.1) is 0 Å². The summed E-state index contributed by atoms with van der Waals surface area (Å²) in [7, 11) is 0. The summed E-state index contributed by atoms with van der Waals surface area (Å²) in [5.74, 6) is 0. The molecule has 1 unspecified atom stereocenters. The molecule has 0 fully saturated rings. The van der Waals surface area contributed by atoms with Crippen molar-refractivity contribution in [2.24, 2.45) is 5.73 Å². The zero-order valence-corrected chi connectivity index (χ0v) is 8.54. The van der Waals surface area contributed by atoms with Crippen LogP contribution in [0.25, 0.3) is 0 Å². The standard InChI is InChI=1S/C10H13N5/c1-2-15-9(3-4-14-15)10(11)8-7-12-5-6-13-8/h3-7,10H,2,11H2,1H3. The maximum absolute atomic E-state index is 6.07. The quantitative estimate of drug-likeness (QED) is 0.798. The van der Waals surface area contributed by atoms with Crippen LogP contribution in [-0.4, -0.2) is 19.7 Å². The number of aryl methyl sites for hydroxylation is 1. The van der Waals surface area contributed by atoms with Crippen molar-refractivity contribution in [3.05, 3.63) is 42.2 Å². The van der Waals surface area contributed by atoms with Crippen LogP contribution in [-0.2, 0) is 6.54 Å². The lowest BCUT2D eigenvalue weighted by atomic mass is 10.1. The Morgan fingerprint density at radius 3 is 2.93 bits per heavy atom. The van der Waals surface area contributed by atoms with E-state index < -0.39 is 0 Å². The number of aromatic nitrogens is 4. The molecular formula is C10H13N5. The summed E-state index contributed by atoms with van der Waals surface area (Å²) in [5.41, 5.74) is 7.79. The van der Waals surface area contributed by atoms with Crippen LogP contribution in [0.5, 0.6) is 0 Å². The van der Waals surface area contributed by atoms with Crippen LogP contribution in [0.15, 0.2) is 30.9 Å². The minimum absolute atomic E-state index is 0.263. The van der Waals surface area contributed by atoms with Gasteiger partial charge in [-0.3, -0.25) is 14.6 Å². The van der Waals surface area contributed by atoms with E-state index in [1.54, 1.807) is 24.8 Å². The first-order valence-electron chi connectivity index (χ1n) is 4.86. The van der Waals surface area contributed by atoms with Crippen LogP contribution < -0.4 is 5.73 Å². The van der Waals surface area contributed by atoms with E-state index in [9.17, 15) is 0 Å². The Morgan fingerprint density at radius 1 is 1.40 bits per heavy atom. The lowest BCUT2D eigenvalue weighted by Gasteiger charge is -2.11. The van der Waals surface area contributed by atoms with Crippen molar-refractivity contribution in [1.29, 1.82) is 0 Å². The fourth-order valence-electron chi connectivity index (χ4n) is 1.49. The fourth-order valence-corrected chi connectivity index (χ4v) is 1.49. The molecule has 78 valence electrons. The molecule has 2 aromatic rings. The van der Waals surface area contributed by atoms with E-state index in [1.165, 1.54) is 0 Å². The number of rotatable bonds is 3. The van der Waals surface area contributed by atoms with Gasteiger partial charge in [-0.25, -0.2) is 0 Å². The van der Waals surface area contributed by atoms with E-state index in [2.05, 4.69) is 15.1 Å². The van der Waals surface area contributed by atoms with Crippen molar-refractivity contribution in [2.45, 2.75) is 19.5 Å². The second kappa shape index (κ2) is 4.18. The van der Waals surface area contributed by atoms with Gasteiger partial charge in [0.2, 0.25) is 0 Å². The first-order valence-corrected chi connectivity index (χ1v) is 4.86. The SMILES string of the molecule is CCn1nccc1C(N)c1cnccn1. The molecular weight excluding hydrogens is 190 g/mol. The zero-order chi connectivity index (χ0) is 10.7. The predicted octanol–water partition coefficient (Wildman–Crippen LogP) is 0.741. The summed E-state index contributed by atoms with van der Waals surface area (Å²) in [5, 5.41) is 4.17. The molecule has 2 N–H and O–H groups in total. The summed E-state index contributed by atoms with van der Waals surface area (Å²) >= 11 is 0. The molecule has 0 aromatic carbocycles. The van der Waals surface area contributed by atoms with Gasteiger partial charge in [0.15, 0.2) is 0 Å². The van der Waals surface area contributed by atoms with E-state index in [0.717, 1.165) is 17.9 Å². The van der Waals surface area contributed by atoms with Crippen LogP contribution in [0.1, 0.15) is 24.4 Å². The van der Waals surface area contributed by atoms with Gasteiger partial charge in [-0.15, -0.1) is 0 Å². The summed E-state index contributed by atoms with van der Waals surface area (Å²) < 4.78 is 1.86. The minimum Gasteiger partial charge on any atom is -0.318 e. The Morgan fingerprint density at radius 2 is 2.27 bits per heavy atom. The van der Waals surface area contributed by atoms with Gasteiger partial charge in [0, 0.05) is 25.1 Å². The van der Waals surface area contributed by atoms with Crippen molar-refractivity contribution in [1.82, 2.24) is 19.7 Å². The molecule has 0 spiro atoms. The molecule has 0 aliphatic rings. The van der Waals surface area contributed by atoms with E-state index >= 15 is 0 Å². The summed E-state index contributed by atoms with van der Waals surface area (Å²) in [6.07, 6.45) is 6.70. The van der Waals surface area contributed by atoms with Crippen molar-refractivity contribution in [2.75, 3.05) is 0 Å². The van der Waals surface area contributed by atoms with Gasteiger partial charge < -0.3 is 5.73 Å². The van der Waals surface area contributed by atoms with Crippen molar-refractivity contribution >= 4 is 0 Å². The first-order chi connectivity index (χ1) is 7.33. The van der Waals surface area contributed by atoms with E-state index in [0.29, 0.717) is 0 Å². The van der Waals surface area contributed by atoms with Gasteiger partial charge in [0.25, 0.3) is 0 Å². The van der Waals surface area contributed by atoms with Crippen molar-refractivity contribution in [3.63, 3.8) is 0 Å². The van der Waals surface area contributed by atoms with Gasteiger partial charge >= 0.3 is 0 Å². The highest BCUT2D eigenvalue weighted by Crippen LogP contribution is 2.15. The average molecular weight is 203 g/mol. The summed E-state index contributed by atoms with van der Waals surface area (Å²) in [4.78, 5) is 8.18. The predicted molar refractivity (Wildman–Crippen MR) is 56.0 cm³/mol. The largest absolute Gasteiger partial charge is 0.318 e. The van der Waals surface area contributed by atoms with Gasteiger partial charge in [0.05, 0.1) is 23.6 Å². The third-order valence-corrected chi connectivity index (χ3v) is 2.27. The van der Waals surface area contributed by atoms with Crippen molar-refractivity contribution in [3.8, 4) is 0 Å². The number of nitrogens with two attached hydrogens (primary N) is 1. The molecule has 2 aromatic heterocycles. The molecule has 2 heterocycles. The van der Waals surface area contributed by atoms with E-state index in [4.69, 9.17) is 5.73 Å². The maximum Gasteiger partial charge on any atom is 0.0912 e. The lowest BCUT2D eigenvalue weighted by molar-refractivity contribution is 0.595. The monoisotopic (exact) mass is 203 g/mol. The average Bonchev–Trinajstić information content (AvgIpc) is 2.77. The Labute approximate surface area is 88.0 Å². The Kier molecular flexibility index (Phi) is 2.73. The van der Waals surface area contributed by atoms with Crippen molar-refractivity contribution < 1.29 is 0 Å². The zero-order valence-electron chi connectivity index (χ0n) is 8.54. The highest BCUT2D eigenvalue weighted by molar-refractivity contribution is 5.18. The topological polar surface area (TPSA) is 69.6 Å². The molecule has 5 nitrogen and oxygen atoms in total. The minimum atomic E-state index is -0.263. The molecule has 1 atom stereocenters. The molecule has 0 radical (unpaired) electrons. The lowest BCUT2D eigenvalue weighted by Crippen LogP contribution is -2.18. The smallest absolute Gasteiger partial charge is 0.0912 e. The van der Waals surface area contributed by atoms with Crippen LogP contribution in [0.3, 0.4) is 0 Å². The Balaban J connectivity index is 2.32. The van der Waals surface area contributed by atoms with Gasteiger partial charge in [0.1, 0.15) is 0 Å². The normalized spacial score (nSPS) is 12.7. The first kappa shape index (κ1) is 9.79. The fraction of sp³-hybridized carbons (Fsp3) is 0.300. The third kappa shape index (κ3) is 1.87. The molecule has 0 aliphatic heterocycles. The second-order valence-corrected chi connectivity index (χ2v) is 3.18. The van der Waals surface area contributed by atoms with Crippen LogP contribution in [0.2, 0.25) is 0 Å². The number of nitrogens with zero attached hydrogens (tertiary/aromatic N) is 4. The summed E-state index contributed by atoms with van der Waals surface area (Å²) in [6.45, 7) is 2.83. The molecule has 2 rings (SSSR count). The van der Waals surface area contributed by atoms with Crippen LogP contribution >= 0.6 is 0 Å². The molecule has 15 heavy (non-hydrogen) atoms. The maximum atomic E-state index is 6.07. The molecule has 0 amide bonds. The molecule has 5 heteroatoms. The number of hydrogen-bond acceptors (Lipinski definition) is 4. The molecule has 0 saturated carbocycles. The number of hydrogen-bond donors (Lipinski definition) is 1. The summed E-state index contributed by atoms with van der Waals surface area (Å²) in [6, 6.07) is 1.64. The second-order valence-electron chi connectivity index (χ2n) is 3.18. The molecule has 0 saturated heterocycles. The molecule has 0 aliphatic carbocycles. The van der Waals surface area contributed by atoms with Gasteiger partial charge in [-0.05, 0) is 13.0 Å². The Hall–Kier alpha value is -1.75. The Bertz CT molecular complexity index is 422. The molecule has 0 bridgehead atoms. The third-order valence-electron chi connectivity index (χ3n) is 2.27. The highest BCUT2D eigenvalue weighted by atomic mass is 15.3. The van der Waals surface area contributed by atoms with Gasteiger partial charge in [-0.2, -0.15) is 5.10 Å². The van der Waals surface area contributed by atoms with Gasteiger partial charge in [-0.1, -0.05) is 0 Å². The highest BCUT2D eigenvalue weighted by Gasteiger charge is 2.14. The van der Waals surface area contributed by atoms with E-state index in [1.807, 2.05) is 17.7 Å².